The van der Waals surface area contributed by atoms with Crippen LogP contribution in [0, 0.1) is 0 Å². The molecule has 0 aromatic heterocycles. The van der Waals surface area contributed by atoms with Crippen molar-refractivity contribution in [1.82, 2.24) is 4.90 Å². The van der Waals surface area contributed by atoms with Crippen molar-refractivity contribution in [1.29, 1.82) is 0 Å². The number of allylic oxidation sites excluding steroid dienone is 4. The molecule has 22 heavy (non-hydrogen) atoms. The van der Waals surface area contributed by atoms with Crippen LogP contribution in [0.1, 0.15) is 30.4 Å². The molecule has 1 fully saturated rings. The molecule has 114 valence electrons. The summed E-state index contributed by atoms with van der Waals surface area (Å²) in [5.74, 6) is 1.08. The number of likely N-dealkylation sites (tertiary alicyclic amines) is 1. The standard InChI is InChI=1S/C20H23NO/c1-2-7-18-15-22-20-9-5-8-16(19(20)14-17(18)6-1)10-13-21-11-3-4-12-21/h1-2,5-7,9-10H,3-4,8,11-15H2. The van der Waals surface area contributed by atoms with Crippen molar-refractivity contribution in [3.8, 4) is 0 Å². The third-order valence-electron chi connectivity index (χ3n) is 4.96. The van der Waals surface area contributed by atoms with Crippen LogP contribution in [0.25, 0.3) is 0 Å². The van der Waals surface area contributed by atoms with Crippen molar-refractivity contribution in [2.75, 3.05) is 19.6 Å². The van der Waals surface area contributed by atoms with Crippen molar-refractivity contribution in [3.05, 3.63) is 70.5 Å². The molecule has 0 saturated carbocycles. The minimum Gasteiger partial charge on any atom is -0.489 e. The van der Waals surface area contributed by atoms with Gasteiger partial charge in [0.05, 0.1) is 0 Å². The Hall–Kier alpha value is -1.80. The molecule has 4 rings (SSSR count). The lowest BCUT2D eigenvalue weighted by Crippen LogP contribution is -2.19. The monoisotopic (exact) mass is 293 g/mol. The summed E-state index contributed by atoms with van der Waals surface area (Å²) in [7, 11) is 0. The number of benzene rings is 1. The van der Waals surface area contributed by atoms with Crippen molar-refractivity contribution in [3.63, 3.8) is 0 Å². The summed E-state index contributed by atoms with van der Waals surface area (Å²) < 4.78 is 6.07. The van der Waals surface area contributed by atoms with Gasteiger partial charge in [-0.1, -0.05) is 36.4 Å². The van der Waals surface area contributed by atoms with Gasteiger partial charge in [0.25, 0.3) is 0 Å². The minimum absolute atomic E-state index is 0.693. The SMILES string of the molecule is C1=CC2=C(Cc3ccccc3CO2)C(=CCN2CCCC2)C1. The lowest BCUT2D eigenvalue weighted by atomic mass is 9.90. The van der Waals surface area contributed by atoms with Crippen LogP contribution >= 0.6 is 0 Å². The highest BCUT2D eigenvalue weighted by molar-refractivity contribution is 5.48. The molecule has 0 spiro atoms. The Bertz CT molecular complexity index is 647. The van der Waals surface area contributed by atoms with E-state index in [0.29, 0.717) is 6.61 Å². The van der Waals surface area contributed by atoms with Gasteiger partial charge in [-0.05, 0) is 55.1 Å². The van der Waals surface area contributed by atoms with Crippen molar-refractivity contribution >= 4 is 0 Å². The van der Waals surface area contributed by atoms with E-state index in [1.165, 1.54) is 48.2 Å². The molecule has 1 saturated heterocycles. The van der Waals surface area contributed by atoms with Crippen LogP contribution in [0.2, 0.25) is 0 Å². The lowest BCUT2D eigenvalue weighted by Gasteiger charge is -2.19. The molecule has 3 aliphatic rings. The van der Waals surface area contributed by atoms with Gasteiger partial charge < -0.3 is 4.74 Å². The Balaban J connectivity index is 1.60. The fourth-order valence-corrected chi connectivity index (χ4v) is 3.64. The fraction of sp³-hybridized carbons (Fsp3) is 0.400. The zero-order valence-electron chi connectivity index (χ0n) is 13.1. The van der Waals surface area contributed by atoms with Crippen LogP contribution < -0.4 is 0 Å². The highest BCUT2D eigenvalue weighted by atomic mass is 16.5. The van der Waals surface area contributed by atoms with Crippen molar-refractivity contribution in [2.45, 2.75) is 32.3 Å². The first-order valence-corrected chi connectivity index (χ1v) is 8.41. The highest BCUT2D eigenvalue weighted by Gasteiger charge is 2.20. The number of rotatable bonds is 2. The molecule has 2 heteroatoms. The quantitative estimate of drug-likeness (QED) is 0.817. The summed E-state index contributed by atoms with van der Waals surface area (Å²) in [6.07, 6.45) is 11.6. The molecule has 0 radical (unpaired) electrons. The van der Waals surface area contributed by atoms with Crippen molar-refractivity contribution in [2.24, 2.45) is 0 Å². The Morgan fingerprint density at radius 1 is 1.09 bits per heavy atom. The summed E-state index contributed by atoms with van der Waals surface area (Å²) >= 11 is 0. The third kappa shape index (κ3) is 2.76. The molecule has 2 heterocycles. The zero-order chi connectivity index (χ0) is 14.8. The minimum atomic E-state index is 0.693. The molecular weight excluding hydrogens is 270 g/mol. The number of fused-ring (bicyclic) bond motifs is 1. The predicted octanol–water partition coefficient (Wildman–Crippen LogP) is 4.00. The van der Waals surface area contributed by atoms with E-state index < -0.39 is 0 Å². The molecule has 0 unspecified atom stereocenters. The maximum atomic E-state index is 6.07. The molecule has 1 aromatic rings. The van der Waals surface area contributed by atoms with Gasteiger partial charge in [-0.2, -0.15) is 0 Å². The third-order valence-corrected chi connectivity index (χ3v) is 4.96. The summed E-state index contributed by atoms with van der Waals surface area (Å²) in [6.45, 7) is 4.29. The van der Waals surface area contributed by atoms with Crippen LogP contribution in [0.5, 0.6) is 0 Å². The first-order valence-electron chi connectivity index (χ1n) is 8.41. The molecule has 1 aromatic carbocycles. The van der Waals surface area contributed by atoms with Crippen molar-refractivity contribution < 1.29 is 4.74 Å². The van der Waals surface area contributed by atoms with Crippen LogP contribution in [-0.2, 0) is 17.8 Å². The molecule has 1 aliphatic carbocycles. The summed E-state index contributed by atoms with van der Waals surface area (Å²) in [5, 5.41) is 0. The Morgan fingerprint density at radius 3 is 2.77 bits per heavy atom. The highest BCUT2D eigenvalue weighted by Crippen LogP contribution is 2.33. The van der Waals surface area contributed by atoms with E-state index >= 15 is 0 Å². The lowest BCUT2D eigenvalue weighted by molar-refractivity contribution is 0.210. The normalized spacial score (nSPS) is 23.2. The maximum Gasteiger partial charge on any atom is 0.123 e. The second kappa shape index (κ2) is 6.13. The van der Waals surface area contributed by atoms with Gasteiger partial charge in [-0.15, -0.1) is 0 Å². The van der Waals surface area contributed by atoms with Gasteiger partial charge in [0.1, 0.15) is 12.4 Å². The zero-order valence-corrected chi connectivity index (χ0v) is 13.1. The van der Waals surface area contributed by atoms with E-state index in [9.17, 15) is 0 Å². The average Bonchev–Trinajstić information content (AvgIpc) is 2.99. The van der Waals surface area contributed by atoms with Gasteiger partial charge in [0.2, 0.25) is 0 Å². The maximum absolute atomic E-state index is 6.07. The van der Waals surface area contributed by atoms with Crippen LogP contribution in [0.4, 0.5) is 0 Å². The molecule has 2 nitrogen and oxygen atoms in total. The Kier molecular flexibility index (Phi) is 3.86. The number of hydrogen-bond acceptors (Lipinski definition) is 2. The molecule has 2 aliphatic heterocycles. The van der Waals surface area contributed by atoms with E-state index in [-0.39, 0.29) is 0 Å². The van der Waals surface area contributed by atoms with E-state index in [1.54, 1.807) is 0 Å². The summed E-state index contributed by atoms with van der Waals surface area (Å²) in [5.41, 5.74) is 5.59. The summed E-state index contributed by atoms with van der Waals surface area (Å²) in [4.78, 5) is 2.55. The number of hydrogen-bond donors (Lipinski definition) is 0. The Morgan fingerprint density at radius 2 is 1.91 bits per heavy atom. The molecule has 0 atom stereocenters. The first kappa shape index (κ1) is 13.8. The Labute approximate surface area is 132 Å². The van der Waals surface area contributed by atoms with Gasteiger partial charge >= 0.3 is 0 Å². The van der Waals surface area contributed by atoms with Gasteiger partial charge in [-0.3, -0.25) is 4.90 Å². The van der Waals surface area contributed by atoms with Crippen LogP contribution in [0.3, 0.4) is 0 Å². The van der Waals surface area contributed by atoms with E-state index in [2.05, 4.69) is 47.4 Å². The van der Waals surface area contributed by atoms with E-state index in [4.69, 9.17) is 4.74 Å². The second-order valence-corrected chi connectivity index (χ2v) is 6.42. The number of ether oxygens (including phenoxy) is 1. The second-order valence-electron chi connectivity index (χ2n) is 6.42. The molecule has 0 N–H and O–H groups in total. The van der Waals surface area contributed by atoms with E-state index in [1.807, 2.05) is 0 Å². The van der Waals surface area contributed by atoms with Gasteiger partial charge in [-0.25, -0.2) is 0 Å². The fourth-order valence-electron chi connectivity index (χ4n) is 3.64. The predicted molar refractivity (Wildman–Crippen MR) is 89.5 cm³/mol. The van der Waals surface area contributed by atoms with Crippen LogP contribution in [-0.4, -0.2) is 24.5 Å². The largest absolute Gasteiger partial charge is 0.489 e. The number of nitrogens with zero attached hydrogens (tertiary/aromatic N) is 1. The topological polar surface area (TPSA) is 12.5 Å². The molecule has 0 bridgehead atoms. The van der Waals surface area contributed by atoms with E-state index in [0.717, 1.165) is 25.1 Å². The van der Waals surface area contributed by atoms with Gasteiger partial charge in [0.15, 0.2) is 0 Å². The summed E-state index contributed by atoms with van der Waals surface area (Å²) in [6, 6.07) is 8.67. The van der Waals surface area contributed by atoms with Gasteiger partial charge in [0, 0.05) is 18.5 Å². The first-order chi connectivity index (χ1) is 10.9. The smallest absolute Gasteiger partial charge is 0.123 e. The molecule has 0 amide bonds. The molecular formula is C20H23NO. The average molecular weight is 293 g/mol. The van der Waals surface area contributed by atoms with Crippen LogP contribution in [0.15, 0.2) is 59.4 Å².